The normalized spacial score (nSPS) is 10.5. The van der Waals surface area contributed by atoms with Crippen molar-refractivity contribution in [3.8, 4) is 0 Å². The van der Waals surface area contributed by atoms with E-state index in [4.69, 9.17) is 10.5 Å². The molecule has 100 valence electrons. The Hall–Kier alpha value is -1.34. The fraction of sp³-hybridized carbons (Fsp3) is 0.143. The fourth-order valence-corrected chi connectivity index (χ4v) is 2.22. The molecule has 3 nitrogen and oxygen atoms in total. The predicted molar refractivity (Wildman–Crippen MR) is 84.0 cm³/mol. The van der Waals surface area contributed by atoms with Gasteiger partial charge in [-0.05, 0) is 46.4 Å². The molecule has 2 rings (SSSR count). The molecule has 5 heteroatoms. The molecular weight excluding hydrogens is 358 g/mol. The Morgan fingerprint density at radius 1 is 1.32 bits per heavy atom. The van der Waals surface area contributed by atoms with Crippen molar-refractivity contribution in [3.63, 3.8) is 0 Å². The monoisotopic (exact) mass is 372 g/mol. The molecule has 0 aliphatic rings. The van der Waals surface area contributed by atoms with Gasteiger partial charge in [0.2, 0.25) is 0 Å². The first-order chi connectivity index (χ1) is 9.10. The summed E-state index contributed by atoms with van der Waals surface area (Å²) in [5.74, 6) is -0.287. The number of anilines is 3. The van der Waals surface area contributed by atoms with Crippen LogP contribution < -0.4 is 11.1 Å². The predicted octanol–water partition coefficient (Wildman–Crippen LogP) is 3.90. The van der Waals surface area contributed by atoms with Crippen LogP contribution in [0.1, 0.15) is 5.56 Å². The second kappa shape index (κ2) is 6.21. The first-order valence-electron chi connectivity index (χ1n) is 5.69. The van der Waals surface area contributed by atoms with E-state index in [1.807, 2.05) is 46.9 Å². The first-order valence-corrected chi connectivity index (χ1v) is 6.77. The van der Waals surface area contributed by atoms with Gasteiger partial charge in [0.1, 0.15) is 5.82 Å². The van der Waals surface area contributed by atoms with E-state index >= 15 is 0 Å². The zero-order valence-corrected chi connectivity index (χ0v) is 12.6. The number of nitrogen functional groups attached to an aromatic ring is 1. The molecule has 0 heterocycles. The van der Waals surface area contributed by atoms with Crippen molar-refractivity contribution in [2.75, 3.05) is 18.2 Å². The van der Waals surface area contributed by atoms with Crippen LogP contribution in [0.3, 0.4) is 0 Å². The van der Waals surface area contributed by atoms with Crippen molar-refractivity contribution < 1.29 is 9.13 Å². The van der Waals surface area contributed by atoms with Crippen LogP contribution in [0.25, 0.3) is 0 Å². The summed E-state index contributed by atoms with van der Waals surface area (Å²) >= 11 is 1.91. The Balaban J connectivity index is 2.25. The molecule has 0 fully saturated rings. The molecule has 0 atom stereocenters. The molecule has 0 saturated heterocycles. The minimum absolute atomic E-state index is 0.287. The van der Waals surface area contributed by atoms with Gasteiger partial charge in [0.05, 0.1) is 21.6 Å². The molecule has 0 aliphatic heterocycles. The van der Waals surface area contributed by atoms with E-state index in [-0.39, 0.29) is 5.82 Å². The molecule has 19 heavy (non-hydrogen) atoms. The maximum absolute atomic E-state index is 13.5. The van der Waals surface area contributed by atoms with Gasteiger partial charge < -0.3 is 15.8 Å². The van der Waals surface area contributed by atoms with Crippen molar-refractivity contribution >= 4 is 39.7 Å². The van der Waals surface area contributed by atoms with Gasteiger partial charge >= 0.3 is 0 Å². The second-order valence-electron chi connectivity index (χ2n) is 4.11. The molecule has 0 saturated carbocycles. The van der Waals surface area contributed by atoms with Gasteiger partial charge in [0.15, 0.2) is 0 Å². The lowest BCUT2D eigenvalue weighted by atomic mass is 10.2. The van der Waals surface area contributed by atoms with E-state index in [1.54, 1.807) is 13.2 Å². The van der Waals surface area contributed by atoms with Crippen LogP contribution in [0, 0.1) is 9.39 Å². The second-order valence-corrected chi connectivity index (χ2v) is 5.27. The fourth-order valence-electron chi connectivity index (χ4n) is 1.73. The summed E-state index contributed by atoms with van der Waals surface area (Å²) in [5.41, 5.74) is 8.84. The maximum atomic E-state index is 13.5. The van der Waals surface area contributed by atoms with Crippen LogP contribution in [-0.4, -0.2) is 7.11 Å². The third-order valence-corrected chi connectivity index (χ3v) is 3.44. The molecular formula is C14H14FIN2O. The summed E-state index contributed by atoms with van der Waals surface area (Å²) in [7, 11) is 1.65. The first kappa shape index (κ1) is 14.1. The molecule has 0 amide bonds. The van der Waals surface area contributed by atoms with E-state index in [9.17, 15) is 4.39 Å². The van der Waals surface area contributed by atoms with Crippen molar-refractivity contribution in [1.82, 2.24) is 0 Å². The quantitative estimate of drug-likeness (QED) is 0.632. The van der Waals surface area contributed by atoms with E-state index in [2.05, 4.69) is 5.32 Å². The third-order valence-electron chi connectivity index (χ3n) is 2.61. The van der Waals surface area contributed by atoms with E-state index < -0.39 is 0 Å². The van der Waals surface area contributed by atoms with Crippen molar-refractivity contribution in [2.45, 2.75) is 6.61 Å². The number of hydrogen-bond donors (Lipinski definition) is 2. The average Bonchev–Trinajstić information content (AvgIpc) is 2.37. The molecule has 0 unspecified atom stereocenters. The third kappa shape index (κ3) is 3.57. The highest BCUT2D eigenvalue weighted by molar-refractivity contribution is 14.1. The summed E-state index contributed by atoms with van der Waals surface area (Å²) < 4.78 is 19.1. The molecule has 0 bridgehead atoms. The molecule has 0 spiro atoms. The van der Waals surface area contributed by atoms with Gasteiger partial charge in [-0.25, -0.2) is 4.39 Å². The lowest BCUT2D eigenvalue weighted by Crippen LogP contribution is -1.99. The van der Waals surface area contributed by atoms with Gasteiger partial charge in [-0.1, -0.05) is 12.1 Å². The zero-order valence-electron chi connectivity index (χ0n) is 10.4. The van der Waals surface area contributed by atoms with Crippen LogP contribution >= 0.6 is 22.6 Å². The van der Waals surface area contributed by atoms with Crippen LogP contribution in [0.15, 0.2) is 36.4 Å². The van der Waals surface area contributed by atoms with Crippen molar-refractivity contribution in [3.05, 3.63) is 51.3 Å². The van der Waals surface area contributed by atoms with Crippen LogP contribution in [0.2, 0.25) is 0 Å². The number of rotatable bonds is 4. The average molecular weight is 372 g/mol. The molecule has 0 aromatic heterocycles. The van der Waals surface area contributed by atoms with Gasteiger partial charge in [-0.2, -0.15) is 0 Å². The summed E-state index contributed by atoms with van der Waals surface area (Å²) in [5, 5.41) is 3.12. The van der Waals surface area contributed by atoms with Gasteiger partial charge in [0.25, 0.3) is 0 Å². The molecule has 3 N–H and O–H groups in total. The summed E-state index contributed by atoms with van der Waals surface area (Å²) in [6.45, 7) is 0.534. The minimum Gasteiger partial charge on any atom is -0.397 e. The Morgan fingerprint density at radius 2 is 2.11 bits per heavy atom. The lowest BCUT2D eigenvalue weighted by molar-refractivity contribution is 0.185. The largest absolute Gasteiger partial charge is 0.397 e. The smallest absolute Gasteiger partial charge is 0.138 e. The number of ether oxygens (including phenoxy) is 1. The number of nitrogens with two attached hydrogens (primary N) is 1. The number of benzene rings is 2. The summed E-state index contributed by atoms with van der Waals surface area (Å²) in [4.78, 5) is 0. The van der Waals surface area contributed by atoms with E-state index in [0.29, 0.717) is 21.6 Å². The van der Waals surface area contributed by atoms with Crippen molar-refractivity contribution in [1.29, 1.82) is 0 Å². The van der Waals surface area contributed by atoms with Crippen LogP contribution in [0.4, 0.5) is 21.5 Å². The molecule has 2 aromatic rings. The highest BCUT2D eigenvalue weighted by atomic mass is 127. The number of nitrogens with one attached hydrogen (secondary N) is 1. The summed E-state index contributed by atoms with van der Waals surface area (Å²) in [6.07, 6.45) is 0. The Bertz CT molecular complexity index is 590. The van der Waals surface area contributed by atoms with Gasteiger partial charge in [-0.15, -0.1) is 0 Å². The van der Waals surface area contributed by atoms with Gasteiger partial charge in [0, 0.05) is 18.9 Å². The summed E-state index contributed by atoms with van der Waals surface area (Å²) in [6, 6.07) is 10.7. The van der Waals surface area contributed by atoms with E-state index in [0.717, 1.165) is 11.3 Å². The molecule has 0 radical (unpaired) electrons. The SMILES string of the molecule is COCc1cccc(Nc2cc(F)c(I)cc2N)c1. The number of halogens is 2. The molecule has 0 aliphatic carbocycles. The van der Waals surface area contributed by atoms with Gasteiger partial charge in [-0.3, -0.25) is 0 Å². The van der Waals surface area contributed by atoms with Crippen LogP contribution in [-0.2, 0) is 11.3 Å². The topological polar surface area (TPSA) is 47.3 Å². The van der Waals surface area contributed by atoms with Crippen LogP contribution in [0.5, 0.6) is 0 Å². The zero-order chi connectivity index (χ0) is 13.8. The number of hydrogen-bond acceptors (Lipinski definition) is 3. The highest BCUT2D eigenvalue weighted by Gasteiger charge is 2.06. The van der Waals surface area contributed by atoms with E-state index in [1.165, 1.54) is 6.07 Å². The lowest BCUT2D eigenvalue weighted by Gasteiger charge is -2.11. The highest BCUT2D eigenvalue weighted by Crippen LogP contribution is 2.27. The maximum Gasteiger partial charge on any atom is 0.138 e. The Labute approximate surface area is 125 Å². The van der Waals surface area contributed by atoms with Crippen molar-refractivity contribution in [2.24, 2.45) is 0 Å². The molecule has 2 aromatic carbocycles. The minimum atomic E-state index is -0.287. The standard InChI is InChI=1S/C14H14FIN2O/c1-19-8-9-3-2-4-10(5-9)18-14-6-11(15)12(16)7-13(14)17/h2-7,18H,8,17H2,1H3. The Kier molecular flexibility index (Phi) is 4.60. The number of methoxy groups -OCH3 is 1. The Morgan fingerprint density at radius 3 is 2.84 bits per heavy atom.